The molecule has 1 aromatic rings. The molecule has 0 bridgehead atoms. The van der Waals surface area contributed by atoms with E-state index in [4.69, 9.17) is 9.47 Å². The molecule has 1 aromatic heterocycles. The van der Waals surface area contributed by atoms with Gasteiger partial charge >= 0.3 is 6.16 Å². The molecule has 16 heavy (non-hydrogen) atoms. The van der Waals surface area contributed by atoms with Gasteiger partial charge in [-0.2, -0.15) is 11.8 Å². The Bertz CT molecular complexity index is 363. The standard InChI is InChI=1S/C11H13NO3S/c1-11(5-7-16-8-11)15-10(13)14-9-4-2-3-6-12-9/h2-4,6H,5,7-8H2,1H3. The molecule has 0 amide bonds. The van der Waals surface area contributed by atoms with Crippen LogP contribution in [0.4, 0.5) is 4.79 Å². The van der Waals surface area contributed by atoms with Crippen molar-refractivity contribution in [2.45, 2.75) is 18.9 Å². The van der Waals surface area contributed by atoms with E-state index < -0.39 is 11.8 Å². The van der Waals surface area contributed by atoms with E-state index in [0.717, 1.165) is 17.9 Å². The van der Waals surface area contributed by atoms with Crippen molar-refractivity contribution in [2.24, 2.45) is 0 Å². The lowest BCUT2D eigenvalue weighted by Gasteiger charge is -2.22. The molecular formula is C11H13NO3S. The van der Waals surface area contributed by atoms with Gasteiger partial charge in [0.2, 0.25) is 5.88 Å². The molecule has 0 aromatic carbocycles. The van der Waals surface area contributed by atoms with Crippen LogP contribution < -0.4 is 4.74 Å². The minimum Gasteiger partial charge on any atom is -0.427 e. The Balaban J connectivity index is 1.89. The highest BCUT2D eigenvalue weighted by molar-refractivity contribution is 7.99. The van der Waals surface area contributed by atoms with Gasteiger partial charge in [0.25, 0.3) is 0 Å². The van der Waals surface area contributed by atoms with Crippen molar-refractivity contribution >= 4 is 17.9 Å². The summed E-state index contributed by atoms with van der Waals surface area (Å²) in [4.78, 5) is 15.4. The number of hydrogen-bond donors (Lipinski definition) is 0. The molecule has 0 spiro atoms. The summed E-state index contributed by atoms with van der Waals surface area (Å²) in [7, 11) is 0. The molecule has 0 N–H and O–H groups in total. The lowest BCUT2D eigenvalue weighted by Crippen LogP contribution is -2.32. The zero-order chi connectivity index (χ0) is 11.4. The number of carbonyl (C=O) groups excluding carboxylic acids is 1. The Morgan fingerprint density at radius 2 is 2.44 bits per heavy atom. The van der Waals surface area contributed by atoms with Crippen LogP contribution in [-0.4, -0.2) is 28.2 Å². The summed E-state index contributed by atoms with van der Waals surface area (Å²) in [6, 6.07) is 5.13. The summed E-state index contributed by atoms with van der Waals surface area (Å²) in [6.45, 7) is 1.92. The third-order valence-electron chi connectivity index (χ3n) is 2.34. The highest BCUT2D eigenvalue weighted by Crippen LogP contribution is 2.31. The number of ether oxygens (including phenoxy) is 2. The van der Waals surface area contributed by atoms with E-state index in [1.807, 2.05) is 6.92 Å². The quantitative estimate of drug-likeness (QED) is 0.742. The number of nitrogens with zero attached hydrogens (tertiary/aromatic N) is 1. The number of rotatable bonds is 2. The lowest BCUT2D eigenvalue weighted by molar-refractivity contribution is 0.0132. The predicted octanol–water partition coefficient (Wildman–Crippen LogP) is 2.49. The average molecular weight is 239 g/mol. The summed E-state index contributed by atoms with van der Waals surface area (Å²) < 4.78 is 10.2. The zero-order valence-corrected chi connectivity index (χ0v) is 9.83. The van der Waals surface area contributed by atoms with Gasteiger partial charge in [-0.05, 0) is 25.2 Å². The maximum Gasteiger partial charge on any atom is 0.515 e. The molecular weight excluding hydrogens is 226 g/mol. The fourth-order valence-corrected chi connectivity index (χ4v) is 2.80. The molecule has 5 heteroatoms. The minimum absolute atomic E-state index is 0.266. The van der Waals surface area contributed by atoms with E-state index in [-0.39, 0.29) is 5.88 Å². The smallest absolute Gasteiger partial charge is 0.427 e. The van der Waals surface area contributed by atoms with Crippen molar-refractivity contribution in [2.75, 3.05) is 11.5 Å². The largest absolute Gasteiger partial charge is 0.515 e. The first-order chi connectivity index (χ1) is 7.68. The van der Waals surface area contributed by atoms with Crippen LogP contribution in [0.2, 0.25) is 0 Å². The van der Waals surface area contributed by atoms with Crippen LogP contribution in [0.15, 0.2) is 24.4 Å². The molecule has 4 nitrogen and oxygen atoms in total. The third-order valence-corrected chi connectivity index (χ3v) is 3.65. The van der Waals surface area contributed by atoms with E-state index in [1.165, 1.54) is 0 Å². The molecule has 0 radical (unpaired) electrons. The Morgan fingerprint density at radius 3 is 3.06 bits per heavy atom. The first kappa shape index (κ1) is 11.3. The Morgan fingerprint density at radius 1 is 1.56 bits per heavy atom. The summed E-state index contributed by atoms with van der Waals surface area (Å²) in [5, 5.41) is 0. The van der Waals surface area contributed by atoms with Crippen LogP contribution in [0.5, 0.6) is 5.88 Å². The lowest BCUT2D eigenvalue weighted by atomic mass is 10.1. The topological polar surface area (TPSA) is 48.4 Å². The first-order valence-corrected chi connectivity index (χ1v) is 6.23. The molecule has 1 aliphatic rings. The SMILES string of the molecule is CC1(OC(=O)Oc2ccccn2)CCSC1. The molecule has 0 saturated carbocycles. The fraction of sp³-hybridized carbons (Fsp3) is 0.455. The van der Waals surface area contributed by atoms with E-state index in [0.29, 0.717) is 0 Å². The van der Waals surface area contributed by atoms with Gasteiger partial charge in [-0.25, -0.2) is 9.78 Å². The molecule has 1 aliphatic heterocycles. The van der Waals surface area contributed by atoms with Gasteiger partial charge in [0.15, 0.2) is 0 Å². The highest BCUT2D eigenvalue weighted by Gasteiger charge is 2.34. The van der Waals surface area contributed by atoms with Crippen LogP contribution in [0.3, 0.4) is 0 Å². The molecule has 1 atom stereocenters. The Kier molecular flexibility index (Phi) is 3.33. The molecule has 1 fully saturated rings. The van der Waals surface area contributed by atoms with Gasteiger partial charge in [-0.3, -0.25) is 0 Å². The second-order valence-electron chi connectivity index (χ2n) is 3.87. The molecule has 1 unspecified atom stereocenters. The maximum absolute atomic E-state index is 11.5. The van der Waals surface area contributed by atoms with Crippen molar-refractivity contribution in [3.63, 3.8) is 0 Å². The van der Waals surface area contributed by atoms with Crippen molar-refractivity contribution in [1.82, 2.24) is 4.98 Å². The van der Waals surface area contributed by atoms with Crippen molar-refractivity contribution < 1.29 is 14.3 Å². The summed E-state index contributed by atoms with van der Waals surface area (Å²) >= 11 is 1.78. The van der Waals surface area contributed by atoms with Crippen LogP contribution >= 0.6 is 11.8 Å². The zero-order valence-electron chi connectivity index (χ0n) is 9.01. The fourth-order valence-electron chi connectivity index (χ4n) is 1.44. The van der Waals surface area contributed by atoms with Gasteiger partial charge in [0.1, 0.15) is 5.60 Å². The number of carbonyl (C=O) groups is 1. The van der Waals surface area contributed by atoms with E-state index in [2.05, 4.69) is 4.98 Å². The predicted molar refractivity (Wildman–Crippen MR) is 61.7 cm³/mol. The molecule has 1 saturated heterocycles. The van der Waals surface area contributed by atoms with Crippen LogP contribution in [0.1, 0.15) is 13.3 Å². The van der Waals surface area contributed by atoms with Gasteiger partial charge in [0, 0.05) is 18.0 Å². The Labute approximate surface area is 98.3 Å². The maximum atomic E-state index is 11.5. The number of pyridine rings is 1. The highest BCUT2D eigenvalue weighted by atomic mass is 32.2. The second-order valence-corrected chi connectivity index (χ2v) is 4.98. The van der Waals surface area contributed by atoms with Gasteiger partial charge in [-0.1, -0.05) is 6.07 Å². The first-order valence-electron chi connectivity index (χ1n) is 5.08. The van der Waals surface area contributed by atoms with Crippen molar-refractivity contribution in [1.29, 1.82) is 0 Å². The number of thioether (sulfide) groups is 1. The minimum atomic E-state index is -0.677. The van der Waals surface area contributed by atoms with Crippen molar-refractivity contribution in [3.05, 3.63) is 24.4 Å². The normalized spacial score (nSPS) is 24.1. The molecule has 86 valence electrons. The molecule has 0 aliphatic carbocycles. The summed E-state index contributed by atoms with van der Waals surface area (Å²) in [5.74, 6) is 2.11. The van der Waals surface area contributed by atoms with E-state index in [1.54, 1.807) is 36.2 Å². The van der Waals surface area contributed by atoms with Gasteiger partial charge in [0.05, 0.1) is 0 Å². The molecule has 2 heterocycles. The van der Waals surface area contributed by atoms with Gasteiger partial charge < -0.3 is 9.47 Å². The van der Waals surface area contributed by atoms with Crippen molar-refractivity contribution in [3.8, 4) is 5.88 Å². The second kappa shape index (κ2) is 4.74. The molecule has 2 rings (SSSR count). The average Bonchev–Trinajstić information content (AvgIpc) is 2.66. The monoisotopic (exact) mass is 239 g/mol. The number of aromatic nitrogens is 1. The van der Waals surface area contributed by atoms with Gasteiger partial charge in [-0.15, -0.1) is 0 Å². The van der Waals surface area contributed by atoms with Crippen LogP contribution in [-0.2, 0) is 4.74 Å². The van der Waals surface area contributed by atoms with E-state index in [9.17, 15) is 4.79 Å². The van der Waals surface area contributed by atoms with E-state index >= 15 is 0 Å². The Hall–Kier alpha value is -1.23. The third kappa shape index (κ3) is 2.88. The van der Waals surface area contributed by atoms with Crippen LogP contribution in [0, 0.1) is 0 Å². The number of hydrogen-bond acceptors (Lipinski definition) is 5. The summed E-state index contributed by atoms with van der Waals surface area (Å²) in [6.07, 6.45) is 1.76. The van der Waals surface area contributed by atoms with Crippen LogP contribution in [0.25, 0.3) is 0 Å². The summed E-state index contributed by atoms with van der Waals surface area (Å²) in [5.41, 5.74) is -0.392.